The van der Waals surface area contributed by atoms with Gasteiger partial charge in [0.15, 0.2) is 5.96 Å². The highest BCUT2D eigenvalue weighted by atomic mass is 19.1. The van der Waals surface area contributed by atoms with Gasteiger partial charge in [-0.25, -0.2) is 9.18 Å². The highest BCUT2D eigenvalue weighted by molar-refractivity contribution is 5.79. The number of nitrogens with one attached hydrogen (secondary N) is 3. The molecule has 7 heteroatoms. The van der Waals surface area contributed by atoms with E-state index in [0.29, 0.717) is 31.6 Å². The Morgan fingerprint density at radius 1 is 1.32 bits per heavy atom. The molecule has 25 heavy (non-hydrogen) atoms. The molecular formula is C18H29FN4O2. The Bertz CT molecular complexity index is 564. The minimum atomic E-state index is -0.419. The fourth-order valence-electron chi connectivity index (χ4n) is 2.37. The van der Waals surface area contributed by atoms with E-state index in [1.165, 1.54) is 12.1 Å². The van der Waals surface area contributed by atoms with Gasteiger partial charge in [0.2, 0.25) is 0 Å². The number of hydrogen-bond donors (Lipinski definition) is 3. The maximum atomic E-state index is 13.2. The van der Waals surface area contributed by atoms with E-state index in [1.807, 2.05) is 6.07 Å². The number of nitrogens with zero attached hydrogens (tertiary/aromatic N) is 1. The van der Waals surface area contributed by atoms with E-state index >= 15 is 0 Å². The Labute approximate surface area is 149 Å². The topological polar surface area (TPSA) is 74.8 Å². The fraction of sp³-hybridized carbons (Fsp3) is 0.556. The van der Waals surface area contributed by atoms with Gasteiger partial charge < -0.3 is 20.7 Å². The second-order valence-corrected chi connectivity index (χ2v) is 6.13. The van der Waals surface area contributed by atoms with Crippen molar-refractivity contribution >= 4 is 12.1 Å². The molecule has 0 aliphatic heterocycles. The van der Waals surface area contributed by atoms with E-state index in [-0.39, 0.29) is 11.9 Å². The molecular weight excluding hydrogens is 323 g/mol. The van der Waals surface area contributed by atoms with Crippen molar-refractivity contribution < 1.29 is 13.9 Å². The van der Waals surface area contributed by atoms with Gasteiger partial charge >= 0.3 is 6.09 Å². The molecule has 140 valence electrons. The summed E-state index contributed by atoms with van der Waals surface area (Å²) >= 11 is 0. The number of halogens is 1. The first-order valence-electron chi connectivity index (χ1n) is 8.56. The first-order chi connectivity index (χ1) is 11.9. The van der Waals surface area contributed by atoms with E-state index < -0.39 is 6.09 Å². The van der Waals surface area contributed by atoms with E-state index in [4.69, 9.17) is 4.74 Å². The molecule has 0 fully saturated rings. The summed E-state index contributed by atoms with van der Waals surface area (Å²) in [6.07, 6.45) is 0.393. The van der Waals surface area contributed by atoms with Gasteiger partial charge in [-0.2, -0.15) is 0 Å². The standard InChI is InChI=1S/C18H29FN4O2/c1-5-25-18(24)23-16(9-13(2)3)12-22-17(20-4)21-11-14-7-6-8-15(19)10-14/h6-8,10,13,16H,5,9,11-12H2,1-4H3,(H,23,24)(H2,20,21,22). The molecule has 1 amide bonds. The Hall–Kier alpha value is -2.31. The molecule has 1 atom stereocenters. The van der Waals surface area contributed by atoms with Crippen molar-refractivity contribution in [1.29, 1.82) is 0 Å². The second kappa shape index (κ2) is 11.3. The van der Waals surface area contributed by atoms with Crippen LogP contribution in [0.15, 0.2) is 29.3 Å². The van der Waals surface area contributed by atoms with Crippen LogP contribution in [0.3, 0.4) is 0 Å². The maximum absolute atomic E-state index is 13.2. The van der Waals surface area contributed by atoms with Crippen LogP contribution in [-0.2, 0) is 11.3 Å². The summed E-state index contributed by atoms with van der Waals surface area (Å²) < 4.78 is 18.2. The lowest BCUT2D eigenvalue weighted by Crippen LogP contribution is -2.47. The lowest BCUT2D eigenvalue weighted by atomic mass is 10.0. The largest absolute Gasteiger partial charge is 0.450 e. The Morgan fingerprint density at radius 3 is 2.68 bits per heavy atom. The van der Waals surface area contributed by atoms with Gasteiger partial charge in [0.05, 0.1) is 6.61 Å². The molecule has 0 heterocycles. The summed E-state index contributed by atoms with van der Waals surface area (Å²) in [5, 5.41) is 9.16. The van der Waals surface area contributed by atoms with Crippen LogP contribution in [0.25, 0.3) is 0 Å². The predicted molar refractivity (Wildman–Crippen MR) is 98.0 cm³/mol. The number of carbonyl (C=O) groups excluding carboxylic acids is 1. The minimum Gasteiger partial charge on any atom is -0.450 e. The summed E-state index contributed by atoms with van der Waals surface area (Å²) in [6.45, 7) is 7.27. The van der Waals surface area contributed by atoms with Gasteiger partial charge in [0, 0.05) is 26.2 Å². The zero-order valence-electron chi connectivity index (χ0n) is 15.4. The van der Waals surface area contributed by atoms with E-state index in [9.17, 15) is 9.18 Å². The van der Waals surface area contributed by atoms with Crippen LogP contribution in [0.4, 0.5) is 9.18 Å². The molecule has 0 aliphatic rings. The number of alkyl carbamates (subject to hydrolysis) is 1. The lowest BCUT2D eigenvalue weighted by Gasteiger charge is -2.22. The van der Waals surface area contributed by atoms with E-state index in [1.54, 1.807) is 20.0 Å². The third-order valence-electron chi connectivity index (χ3n) is 3.44. The van der Waals surface area contributed by atoms with Gasteiger partial charge in [0.25, 0.3) is 0 Å². The summed E-state index contributed by atoms with van der Waals surface area (Å²) in [4.78, 5) is 15.8. The van der Waals surface area contributed by atoms with Crippen molar-refractivity contribution in [3.63, 3.8) is 0 Å². The summed E-state index contributed by atoms with van der Waals surface area (Å²) in [5.74, 6) is 0.748. The zero-order chi connectivity index (χ0) is 18.7. The van der Waals surface area contributed by atoms with E-state index in [2.05, 4.69) is 34.8 Å². The molecule has 0 saturated carbocycles. The van der Waals surface area contributed by atoms with Crippen LogP contribution in [0, 0.1) is 11.7 Å². The monoisotopic (exact) mass is 352 g/mol. The number of ether oxygens (including phenoxy) is 1. The van der Waals surface area contributed by atoms with Gasteiger partial charge in [0.1, 0.15) is 5.82 Å². The second-order valence-electron chi connectivity index (χ2n) is 6.13. The van der Waals surface area contributed by atoms with Crippen LogP contribution in [-0.4, -0.2) is 38.3 Å². The number of aliphatic imine (C=N–C) groups is 1. The van der Waals surface area contributed by atoms with Crippen LogP contribution >= 0.6 is 0 Å². The summed E-state index contributed by atoms with van der Waals surface area (Å²) in [5.41, 5.74) is 0.825. The highest BCUT2D eigenvalue weighted by Gasteiger charge is 2.15. The van der Waals surface area contributed by atoms with Gasteiger partial charge in [-0.05, 0) is 37.0 Å². The van der Waals surface area contributed by atoms with Crippen molar-refractivity contribution in [2.24, 2.45) is 10.9 Å². The number of guanidine groups is 1. The Kier molecular flexibility index (Phi) is 9.36. The lowest BCUT2D eigenvalue weighted by molar-refractivity contribution is 0.146. The van der Waals surface area contributed by atoms with Crippen LogP contribution in [0.1, 0.15) is 32.8 Å². The smallest absolute Gasteiger partial charge is 0.407 e. The number of carbonyl (C=O) groups is 1. The van der Waals surface area contributed by atoms with Gasteiger partial charge in [-0.1, -0.05) is 26.0 Å². The fourth-order valence-corrected chi connectivity index (χ4v) is 2.37. The molecule has 0 aliphatic carbocycles. The summed E-state index contributed by atoms with van der Waals surface area (Å²) in [6, 6.07) is 6.32. The van der Waals surface area contributed by atoms with Crippen molar-refractivity contribution in [3.05, 3.63) is 35.6 Å². The number of amides is 1. The molecule has 3 N–H and O–H groups in total. The van der Waals surface area contributed by atoms with E-state index in [0.717, 1.165) is 12.0 Å². The zero-order valence-corrected chi connectivity index (χ0v) is 15.4. The molecule has 0 saturated heterocycles. The molecule has 0 radical (unpaired) electrons. The highest BCUT2D eigenvalue weighted by Crippen LogP contribution is 2.05. The Morgan fingerprint density at radius 2 is 2.08 bits per heavy atom. The summed E-state index contributed by atoms with van der Waals surface area (Å²) in [7, 11) is 1.66. The molecule has 1 rings (SSSR count). The average Bonchev–Trinajstić information content (AvgIpc) is 2.54. The molecule has 0 aromatic heterocycles. The normalized spacial score (nSPS) is 12.6. The van der Waals surface area contributed by atoms with Crippen LogP contribution in [0.2, 0.25) is 0 Å². The minimum absolute atomic E-state index is 0.0771. The SMILES string of the molecule is CCOC(=O)NC(CNC(=NC)NCc1cccc(F)c1)CC(C)C. The molecule has 6 nitrogen and oxygen atoms in total. The molecule has 0 bridgehead atoms. The van der Waals surface area contributed by atoms with Crippen LogP contribution < -0.4 is 16.0 Å². The first kappa shape index (κ1) is 20.7. The van der Waals surface area contributed by atoms with Crippen molar-refractivity contribution in [3.8, 4) is 0 Å². The van der Waals surface area contributed by atoms with Crippen molar-refractivity contribution in [1.82, 2.24) is 16.0 Å². The molecule has 1 aromatic carbocycles. The van der Waals surface area contributed by atoms with Crippen molar-refractivity contribution in [2.45, 2.75) is 39.8 Å². The number of rotatable bonds is 8. The maximum Gasteiger partial charge on any atom is 0.407 e. The molecule has 1 unspecified atom stereocenters. The Balaban J connectivity index is 2.51. The van der Waals surface area contributed by atoms with Gasteiger partial charge in [-0.3, -0.25) is 4.99 Å². The molecule has 0 spiro atoms. The first-order valence-corrected chi connectivity index (χ1v) is 8.56. The third kappa shape index (κ3) is 8.93. The number of hydrogen-bond acceptors (Lipinski definition) is 3. The predicted octanol–water partition coefficient (Wildman–Crippen LogP) is 2.65. The van der Waals surface area contributed by atoms with Crippen LogP contribution in [0.5, 0.6) is 0 Å². The third-order valence-corrected chi connectivity index (χ3v) is 3.44. The quantitative estimate of drug-likeness (QED) is 0.497. The number of benzene rings is 1. The molecule has 1 aromatic rings. The average molecular weight is 352 g/mol. The van der Waals surface area contributed by atoms with Gasteiger partial charge in [-0.15, -0.1) is 0 Å². The van der Waals surface area contributed by atoms with Crippen molar-refractivity contribution in [2.75, 3.05) is 20.2 Å².